The quantitative estimate of drug-likeness (QED) is 0.830. The van der Waals surface area contributed by atoms with Gasteiger partial charge in [0, 0.05) is 24.1 Å². The van der Waals surface area contributed by atoms with Crippen LogP contribution < -0.4 is 10.6 Å². The minimum atomic E-state index is -0.137. The van der Waals surface area contributed by atoms with Gasteiger partial charge in [-0.2, -0.15) is 0 Å². The van der Waals surface area contributed by atoms with Crippen LogP contribution in [0.5, 0.6) is 0 Å². The van der Waals surface area contributed by atoms with Gasteiger partial charge >= 0.3 is 0 Å². The van der Waals surface area contributed by atoms with Crippen LogP contribution in [-0.4, -0.2) is 17.6 Å². The van der Waals surface area contributed by atoms with Crippen LogP contribution in [0.15, 0.2) is 42.5 Å². The SMILES string of the molecule is CC(=O)Nc1cccc(NC(=O)CSCc2cc(C)cc(C)c2)c1. The van der Waals surface area contributed by atoms with Gasteiger partial charge in [0.2, 0.25) is 11.8 Å². The Morgan fingerprint density at radius 1 is 0.958 bits per heavy atom. The van der Waals surface area contributed by atoms with Crippen LogP contribution in [-0.2, 0) is 15.3 Å². The van der Waals surface area contributed by atoms with Gasteiger partial charge in [0.05, 0.1) is 5.75 Å². The molecular weight excluding hydrogens is 320 g/mol. The zero-order chi connectivity index (χ0) is 17.5. The average Bonchev–Trinajstić information content (AvgIpc) is 2.45. The molecule has 5 heteroatoms. The highest BCUT2D eigenvalue weighted by Crippen LogP contribution is 2.18. The summed E-state index contributed by atoms with van der Waals surface area (Å²) in [7, 11) is 0. The number of aryl methyl sites for hydroxylation is 2. The van der Waals surface area contributed by atoms with Gasteiger partial charge in [-0.3, -0.25) is 9.59 Å². The second kappa shape index (κ2) is 8.55. The number of carbonyl (C=O) groups is 2. The molecule has 2 amide bonds. The highest BCUT2D eigenvalue weighted by molar-refractivity contribution is 7.99. The van der Waals surface area contributed by atoms with Crippen molar-refractivity contribution in [1.29, 1.82) is 0 Å². The monoisotopic (exact) mass is 342 g/mol. The molecule has 126 valence electrons. The summed E-state index contributed by atoms with van der Waals surface area (Å²) >= 11 is 1.58. The molecule has 2 aromatic rings. The lowest BCUT2D eigenvalue weighted by molar-refractivity contribution is -0.114. The Hall–Kier alpha value is -2.27. The lowest BCUT2D eigenvalue weighted by Crippen LogP contribution is -2.14. The minimum Gasteiger partial charge on any atom is -0.326 e. The molecule has 0 unspecified atom stereocenters. The summed E-state index contributed by atoms with van der Waals surface area (Å²) in [5, 5.41) is 5.55. The summed E-state index contributed by atoms with van der Waals surface area (Å²) in [4.78, 5) is 23.1. The molecule has 4 nitrogen and oxygen atoms in total. The zero-order valence-electron chi connectivity index (χ0n) is 14.2. The number of rotatable bonds is 6. The maximum Gasteiger partial charge on any atom is 0.234 e. The average molecular weight is 342 g/mol. The van der Waals surface area contributed by atoms with E-state index in [1.807, 2.05) is 0 Å². The number of benzene rings is 2. The van der Waals surface area contributed by atoms with E-state index in [2.05, 4.69) is 42.7 Å². The molecule has 0 fully saturated rings. The molecule has 0 aliphatic carbocycles. The van der Waals surface area contributed by atoms with Crippen molar-refractivity contribution >= 4 is 35.0 Å². The summed E-state index contributed by atoms with van der Waals surface area (Å²) in [5.74, 6) is 1.01. The normalized spacial score (nSPS) is 10.3. The first-order chi connectivity index (χ1) is 11.4. The van der Waals surface area contributed by atoms with Crippen LogP contribution in [0.25, 0.3) is 0 Å². The first-order valence-corrected chi connectivity index (χ1v) is 8.90. The largest absolute Gasteiger partial charge is 0.326 e. The number of thioether (sulfide) groups is 1. The molecule has 0 aromatic heterocycles. The number of nitrogens with one attached hydrogen (secondary N) is 2. The Kier molecular flexibility index (Phi) is 6.44. The Morgan fingerprint density at radius 2 is 1.58 bits per heavy atom. The number of hydrogen-bond donors (Lipinski definition) is 2. The van der Waals surface area contributed by atoms with Crippen LogP contribution in [0, 0.1) is 13.8 Å². The summed E-state index contributed by atoms with van der Waals surface area (Å²) in [6.45, 7) is 5.61. The van der Waals surface area contributed by atoms with E-state index in [1.165, 1.54) is 23.6 Å². The van der Waals surface area contributed by atoms with Crippen molar-refractivity contribution in [3.8, 4) is 0 Å². The molecule has 0 saturated carbocycles. The molecule has 0 radical (unpaired) electrons. The van der Waals surface area contributed by atoms with Crippen LogP contribution in [0.2, 0.25) is 0 Å². The van der Waals surface area contributed by atoms with Gasteiger partial charge in [-0.05, 0) is 37.6 Å². The molecule has 0 heterocycles. The van der Waals surface area contributed by atoms with Crippen molar-refractivity contribution in [2.24, 2.45) is 0 Å². The number of hydrogen-bond acceptors (Lipinski definition) is 3. The molecule has 0 bridgehead atoms. The predicted molar refractivity (Wildman–Crippen MR) is 101 cm³/mol. The summed E-state index contributed by atoms with van der Waals surface area (Å²) < 4.78 is 0. The number of amides is 2. The van der Waals surface area contributed by atoms with Crippen LogP contribution in [0.4, 0.5) is 11.4 Å². The number of anilines is 2. The van der Waals surface area contributed by atoms with Crippen LogP contribution in [0.1, 0.15) is 23.6 Å². The molecular formula is C19H22N2O2S. The van der Waals surface area contributed by atoms with Gasteiger partial charge in [-0.1, -0.05) is 35.4 Å². The third-order valence-corrected chi connectivity index (χ3v) is 4.25. The lowest BCUT2D eigenvalue weighted by atomic mass is 10.1. The third kappa shape index (κ3) is 6.08. The maximum absolute atomic E-state index is 12.1. The second-order valence-corrected chi connectivity index (χ2v) is 6.78. The molecule has 0 aliphatic heterocycles. The molecule has 24 heavy (non-hydrogen) atoms. The van der Waals surface area contributed by atoms with E-state index in [0.29, 0.717) is 17.1 Å². The highest BCUT2D eigenvalue weighted by Gasteiger charge is 2.05. The van der Waals surface area contributed by atoms with Crippen LogP contribution in [0.3, 0.4) is 0 Å². The minimum absolute atomic E-state index is 0.0515. The molecule has 2 N–H and O–H groups in total. The lowest BCUT2D eigenvalue weighted by Gasteiger charge is -2.08. The van der Waals surface area contributed by atoms with Crippen molar-refractivity contribution in [2.75, 3.05) is 16.4 Å². The van der Waals surface area contributed by atoms with E-state index in [9.17, 15) is 9.59 Å². The summed E-state index contributed by atoms with van der Waals surface area (Å²) in [5.41, 5.74) is 5.06. The molecule has 0 atom stereocenters. The first kappa shape index (κ1) is 18.1. The van der Waals surface area contributed by atoms with E-state index in [1.54, 1.807) is 36.0 Å². The summed E-state index contributed by atoms with van der Waals surface area (Å²) in [6.07, 6.45) is 0. The van der Waals surface area contributed by atoms with E-state index in [0.717, 1.165) is 5.75 Å². The predicted octanol–water partition coefficient (Wildman–Crippen LogP) is 4.13. The van der Waals surface area contributed by atoms with Gasteiger partial charge in [0.15, 0.2) is 0 Å². The molecule has 0 saturated heterocycles. The van der Waals surface area contributed by atoms with Crippen molar-refractivity contribution in [3.05, 3.63) is 59.2 Å². The fraction of sp³-hybridized carbons (Fsp3) is 0.263. The third-order valence-electron chi connectivity index (χ3n) is 3.25. The summed E-state index contributed by atoms with van der Waals surface area (Å²) in [6, 6.07) is 13.6. The standard InChI is InChI=1S/C19H22N2O2S/c1-13-7-14(2)9-16(8-13)11-24-12-19(23)21-18-6-4-5-17(10-18)20-15(3)22/h4-10H,11-12H2,1-3H3,(H,20,22)(H,21,23). The van der Waals surface area contributed by atoms with Gasteiger partial charge in [-0.15, -0.1) is 11.8 Å². The molecule has 2 rings (SSSR count). The van der Waals surface area contributed by atoms with Gasteiger partial charge in [-0.25, -0.2) is 0 Å². The van der Waals surface area contributed by atoms with Gasteiger partial charge in [0.25, 0.3) is 0 Å². The van der Waals surface area contributed by atoms with Crippen molar-refractivity contribution in [1.82, 2.24) is 0 Å². The van der Waals surface area contributed by atoms with E-state index >= 15 is 0 Å². The Morgan fingerprint density at radius 3 is 2.21 bits per heavy atom. The fourth-order valence-electron chi connectivity index (χ4n) is 2.49. The van der Waals surface area contributed by atoms with E-state index < -0.39 is 0 Å². The van der Waals surface area contributed by atoms with Crippen LogP contribution >= 0.6 is 11.8 Å². The second-order valence-electron chi connectivity index (χ2n) is 5.80. The van der Waals surface area contributed by atoms with E-state index in [4.69, 9.17) is 0 Å². The highest BCUT2D eigenvalue weighted by atomic mass is 32.2. The Labute approximate surface area is 147 Å². The van der Waals surface area contributed by atoms with Crippen molar-refractivity contribution < 1.29 is 9.59 Å². The first-order valence-electron chi connectivity index (χ1n) is 7.75. The zero-order valence-corrected chi connectivity index (χ0v) is 15.0. The van der Waals surface area contributed by atoms with Crippen molar-refractivity contribution in [3.63, 3.8) is 0 Å². The van der Waals surface area contributed by atoms with Crippen molar-refractivity contribution in [2.45, 2.75) is 26.5 Å². The Balaban J connectivity index is 1.84. The molecule has 0 aliphatic rings. The van der Waals surface area contributed by atoms with Gasteiger partial charge < -0.3 is 10.6 Å². The molecule has 2 aromatic carbocycles. The molecule has 0 spiro atoms. The fourth-order valence-corrected chi connectivity index (χ4v) is 3.25. The van der Waals surface area contributed by atoms with Gasteiger partial charge in [0.1, 0.15) is 0 Å². The van der Waals surface area contributed by atoms with E-state index in [-0.39, 0.29) is 11.8 Å². The maximum atomic E-state index is 12.1. The number of carbonyl (C=O) groups excluding carboxylic acids is 2. The Bertz CT molecular complexity index is 724. The topological polar surface area (TPSA) is 58.2 Å². The smallest absolute Gasteiger partial charge is 0.234 e.